The van der Waals surface area contributed by atoms with Gasteiger partial charge in [-0.25, -0.2) is 4.39 Å². The number of rotatable bonds is 6. The molecule has 0 saturated carbocycles. The van der Waals surface area contributed by atoms with Gasteiger partial charge in [0.15, 0.2) is 0 Å². The number of halogens is 3. The fourth-order valence-electron chi connectivity index (χ4n) is 3.27. The molecule has 3 rings (SSSR count). The molecule has 2 heterocycles. The normalized spacial score (nSPS) is 16.3. The predicted octanol–water partition coefficient (Wildman–Crippen LogP) is 3.11. The molecule has 0 spiro atoms. The second-order valence-corrected chi connectivity index (χ2v) is 6.69. The summed E-state index contributed by atoms with van der Waals surface area (Å²) < 4.78 is 20.8. The molecular formula is C18H25Cl2FN4O. The summed E-state index contributed by atoms with van der Waals surface area (Å²) in [5.74, 6) is -0.207. The average molecular weight is 403 g/mol. The Morgan fingerprint density at radius 3 is 2.69 bits per heavy atom. The standard InChI is InChI=1S/C18H24ClFN4O.ClH/c1-13-16(18(19)23(2)22-13)11-21-12-17(24-6-8-25-9-7-24)14-4-3-5-15(20)10-14;/h3-5,10,17,21H,6-9,11-12H2,1-2H3;1H. The van der Waals surface area contributed by atoms with Crippen LogP contribution in [0.3, 0.4) is 0 Å². The quantitative estimate of drug-likeness (QED) is 0.805. The zero-order valence-electron chi connectivity index (χ0n) is 15.0. The van der Waals surface area contributed by atoms with Gasteiger partial charge >= 0.3 is 0 Å². The topological polar surface area (TPSA) is 42.3 Å². The summed E-state index contributed by atoms with van der Waals surface area (Å²) in [6.07, 6.45) is 0. The van der Waals surface area contributed by atoms with E-state index in [2.05, 4.69) is 15.3 Å². The van der Waals surface area contributed by atoms with E-state index in [0.29, 0.717) is 31.5 Å². The third-order valence-electron chi connectivity index (χ3n) is 4.63. The van der Waals surface area contributed by atoms with E-state index in [1.807, 2.05) is 20.0 Å². The van der Waals surface area contributed by atoms with Crippen molar-refractivity contribution in [2.24, 2.45) is 7.05 Å². The third kappa shape index (κ3) is 4.96. The molecule has 1 aromatic carbocycles. The Hall–Kier alpha value is -1.18. The smallest absolute Gasteiger partial charge is 0.131 e. The number of aryl methyl sites for hydroxylation is 2. The van der Waals surface area contributed by atoms with Gasteiger partial charge in [0.1, 0.15) is 11.0 Å². The highest BCUT2D eigenvalue weighted by molar-refractivity contribution is 6.30. The van der Waals surface area contributed by atoms with Crippen molar-refractivity contribution >= 4 is 24.0 Å². The SMILES string of the molecule is Cc1nn(C)c(Cl)c1CNCC(c1cccc(F)c1)N1CCOCC1.Cl. The van der Waals surface area contributed by atoms with Gasteiger partial charge in [0, 0.05) is 44.8 Å². The van der Waals surface area contributed by atoms with Gasteiger partial charge in [-0.2, -0.15) is 5.10 Å². The van der Waals surface area contributed by atoms with Gasteiger partial charge in [-0.15, -0.1) is 12.4 Å². The molecule has 1 unspecified atom stereocenters. The summed E-state index contributed by atoms with van der Waals surface area (Å²) in [4.78, 5) is 2.34. The van der Waals surface area contributed by atoms with E-state index in [4.69, 9.17) is 16.3 Å². The van der Waals surface area contributed by atoms with Crippen LogP contribution in [-0.2, 0) is 18.3 Å². The number of ether oxygens (including phenoxy) is 1. The van der Waals surface area contributed by atoms with Crippen molar-refractivity contribution < 1.29 is 9.13 Å². The zero-order chi connectivity index (χ0) is 17.8. The van der Waals surface area contributed by atoms with E-state index < -0.39 is 0 Å². The van der Waals surface area contributed by atoms with E-state index in [9.17, 15) is 4.39 Å². The fraction of sp³-hybridized carbons (Fsp3) is 0.500. The molecule has 1 aromatic heterocycles. The van der Waals surface area contributed by atoms with Crippen LogP contribution in [0.15, 0.2) is 24.3 Å². The number of benzene rings is 1. The number of hydrogen-bond donors (Lipinski definition) is 1. The molecule has 5 nitrogen and oxygen atoms in total. The minimum absolute atomic E-state index is 0. The number of aromatic nitrogens is 2. The maximum absolute atomic E-state index is 13.7. The maximum atomic E-state index is 13.7. The molecule has 0 aliphatic carbocycles. The zero-order valence-corrected chi connectivity index (χ0v) is 16.6. The lowest BCUT2D eigenvalue weighted by atomic mass is 10.0. The average Bonchev–Trinajstić information content (AvgIpc) is 2.85. The van der Waals surface area contributed by atoms with Crippen LogP contribution in [0.1, 0.15) is 22.9 Å². The van der Waals surface area contributed by atoms with Crippen LogP contribution in [0.2, 0.25) is 5.15 Å². The number of nitrogens with zero attached hydrogens (tertiary/aromatic N) is 3. The summed E-state index contributed by atoms with van der Waals surface area (Å²) >= 11 is 6.30. The summed E-state index contributed by atoms with van der Waals surface area (Å²) in [5, 5.41) is 8.46. The lowest BCUT2D eigenvalue weighted by Gasteiger charge is -2.35. The summed E-state index contributed by atoms with van der Waals surface area (Å²) in [6, 6.07) is 6.93. The molecule has 26 heavy (non-hydrogen) atoms. The molecular weight excluding hydrogens is 378 g/mol. The monoisotopic (exact) mass is 402 g/mol. The Morgan fingerprint density at radius 2 is 2.08 bits per heavy atom. The van der Waals surface area contributed by atoms with Crippen LogP contribution in [0, 0.1) is 12.7 Å². The van der Waals surface area contributed by atoms with E-state index in [1.165, 1.54) is 6.07 Å². The van der Waals surface area contributed by atoms with E-state index in [0.717, 1.165) is 29.9 Å². The molecule has 144 valence electrons. The van der Waals surface area contributed by atoms with Gasteiger partial charge < -0.3 is 10.1 Å². The molecule has 1 N–H and O–H groups in total. The third-order valence-corrected chi connectivity index (χ3v) is 5.10. The van der Waals surface area contributed by atoms with Crippen molar-refractivity contribution in [2.75, 3.05) is 32.8 Å². The Bertz CT molecular complexity index is 719. The molecule has 1 fully saturated rings. The van der Waals surface area contributed by atoms with Gasteiger partial charge in [-0.05, 0) is 24.6 Å². The second-order valence-electron chi connectivity index (χ2n) is 6.33. The number of nitrogens with one attached hydrogen (secondary N) is 1. The van der Waals surface area contributed by atoms with Crippen molar-refractivity contribution in [2.45, 2.75) is 19.5 Å². The molecule has 1 aliphatic heterocycles. The largest absolute Gasteiger partial charge is 0.379 e. The van der Waals surface area contributed by atoms with E-state index in [-0.39, 0.29) is 24.3 Å². The summed E-state index contributed by atoms with van der Waals surface area (Å²) in [5.41, 5.74) is 2.90. The first-order valence-corrected chi connectivity index (χ1v) is 8.90. The van der Waals surface area contributed by atoms with Crippen molar-refractivity contribution in [3.05, 3.63) is 52.1 Å². The molecule has 0 bridgehead atoms. The molecule has 1 aliphatic rings. The van der Waals surface area contributed by atoms with Gasteiger partial charge in [0.2, 0.25) is 0 Å². The highest BCUT2D eigenvalue weighted by atomic mass is 35.5. The molecule has 1 atom stereocenters. The summed E-state index contributed by atoms with van der Waals surface area (Å²) in [7, 11) is 1.84. The van der Waals surface area contributed by atoms with Gasteiger partial charge in [0.25, 0.3) is 0 Å². The molecule has 8 heteroatoms. The molecule has 0 amide bonds. The minimum Gasteiger partial charge on any atom is -0.379 e. The van der Waals surface area contributed by atoms with Crippen LogP contribution in [-0.4, -0.2) is 47.5 Å². The fourth-order valence-corrected chi connectivity index (χ4v) is 3.51. The van der Waals surface area contributed by atoms with Crippen molar-refractivity contribution in [3.63, 3.8) is 0 Å². The highest BCUT2D eigenvalue weighted by Gasteiger charge is 2.23. The molecule has 2 aromatic rings. The number of hydrogen-bond acceptors (Lipinski definition) is 4. The molecule has 0 radical (unpaired) electrons. The van der Waals surface area contributed by atoms with E-state index in [1.54, 1.807) is 16.8 Å². The Labute approximate surface area is 164 Å². The maximum Gasteiger partial charge on any atom is 0.131 e. The van der Waals surface area contributed by atoms with Crippen LogP contribution in [0.5, 0.6) is 0 Å². The molecule has 1 saturated heterocycles. The Balaban J connectivity index is 0.00000243. The van der Waals surface area contributed by atoms with E-state index >= 15 is 0 Å². The van der Waals surface area contributed by atoms with Gasteiger partial charge in [-0.1, -0.05) is 23.7 Å². The first kappa shape index (κ1) is 21.1. The van der Waals surface area contributed by atoms with Gasteiger partial charge in [0.05, 0.1) is 18.9 Å². The predicted molar refractivity (Wildman–Crippen MR) is 103 cm³/mol. The van der Waals surface area contributed by atoms with Crippen molar-refractivity contribution in [3.8, 4) is 0 Å². The summed E-state index contributed by atoms with van der Waals surface area (Å²) in [6.45, 7) is 6.39. The van der Waals surface area contributed by atoms with Crippen LogP contribution in [0.25, 0.3) is 0 Å². The van der Waals surface area contributed by atoms with Gasteiger partial charge in [-0.3, -0.25) is 9.58 Å². The number of morpholine rings is 1. The van der Waals surface area contributed by atoms with Crippen LogP contribution in [0.4, 0.5) is 4.39 Å². The Morgan fingerprint density at radius 1 is 1.35 bits per heavy atom. The Kier molecular flexibility index (Phi) is 7.85. The van der Waals surface area contributed by atoms with Crippen molar-refractivity contribution in [1.29, 1.82) is 0 Å². The van der Waals surface area contributed by atoms with Crippen LogP contribution >= 0.6 is 24.0 Å². The highest BCUT2D eigenvalue weighted by Crippen LogP contribution is 2.23. The second kappa shape index (κ2) is 9.67. The first-order valence-electron chi connectivity index (χ1n) is 8.52. The lowest BCUT2D eigenvalue weighted by Crippen LogP contribution is -2.42. The van der Waals surface area contributed by atoms with Crippen LogP contribution < -0.4 is 5.32 Å². The lowest BCUT2D eigenvalue weighted by molar-refractivity contribution is 0.0160. The minimum atomic E-state index is -0.207. The first-order chi connectivity index (χ1) is 12.1. The van der Waals surface area contributed by atoms with Crippen molar-refractivity contribution in [1.82, 2.24) is 20.0 Å².